The molecule has 5 rings (SSSR count). The second kappa shape index (κ2) is 10.8. The first-order chi connectivity index (χ1) is 17.0. The molecule has 3 aliphatic heterocycles. The van der Waals surface area contributed by atoms with Crippen molar-refractivity contribution >= 4 is 12.0 Å². The van der Waals surface area contributed by atoms with E-state index in [2.05, 4.69) is 22.3 Å². The number of benzene rings is 2. The van der Waals surface area contributed by atoms with Crippen LogP contribution in [0.25, 0.3) is 0 Å². The quantitative estimate of drug-likeness (QED) is 0.659. The first-order valence-corrected chi connectivity index (χ1v) is 12.7. The lowest BCUT2D eigenvalue weighted by Gasteiger charge is -2.25. The average Bonchev–Trinajstić information content (AvgIpc) is 3.59. The van der Waals surface area contributed by atoms with Gasteiger partial charge in [-0.05, 0) is 42.9 Å². The lowest BCUT2D eigenvalue weighted by molar-refractivity contribution is 0.0773. The van der Waals surface area contributed by atoms with Gasteiger partial charge >= 0.3 is 6.09 Å². The van der Waals surface area contributed by atoms with Crippen molar-refractivity contribution in [2.75, 3.05) is 45.9 Å². The fourth-order valence-corrected chi connectivity index (χ4v) is 5.57. The van der Waals surface area contributed by atoms with Gasteiger partial charge in [0.15, 0.2) is 0 Å². The monoisotopic (exact) mass is 477 g/mol. The molecule has 35 heavy (non-hydrogen) atoms. The normalized spacial score (nSPS) is 24.8. The number of amides is 2. The Bertz CT molecular complexity index is 993. The maximum Gasteiger partial charge on any atom is 0.407 e. The molecule has 0 aromatic heterocycles. The summed E-state index contributed by atoms with van der Waals surface area (Å²) in [5.41, 5.74) is 3.03. The number of rotatable bonds is 7. The van der Waals surface area contributed by atoms with Gasteiger partial charge in [-0.3, -0.25) is 4.79 Å². The summed E-state index contributed by atoms with van der Waals surface area (Å²) in [4.78, 5) is 30.0. The molecule has 3 saturated heterocycles. The van der Waals surface area contributed by atoms with E-state index < -0.39 is 0 Å². The van der Waals surface area contributed by atoms with Crippen molar-refractivity contribution in [1.29, 1.82) is 0 Å². The van der Waals surface area contributed by atoms with E-state index in [1.807, 2.05) is 54.3 Å². The van der Waals surface area contributed by atoms with Crippen molar-refractivity contribution in [3.63, 3.8) is 0 Å². The summed E-state index contributed by atoms with van der Waals surface area (Å²) in [7, 11) is 0. The summed E-state index contributed by atoms with van der Waals surface area (Å²) in [6.07, 6.45) is 1.03. The van der Waals surface area contributed by atoms with E-state index in [1.165, 1.54) is 5.56 Å². The molecular weight excluding hydrogens is 442 g/mol. The van der Waals surface area contributed by atoms with Gasteiger partial charge in [0.1, 0.15) is 6.10 Å². The Morgan fingerprint density at radius 1 is 1.03 bits per heavy atom. The van der Waals surface area contributed by atoms with Crippen LogP contribution < -0.4 is 5.32 Å². The summed E-state index contributed by atoms with van der Waals surface area (Å²) >= 11 is 0. The van der Waals surface area contributed by atoms with Crippen LogP contribution in [-0.4, -0.2) is 73.8 Å². The highest BCUT2D eigenvalue weighted by Gasteiger charge is 2.41. The van der Waals surface area contributed by atoms with Crippen LogP contribution in [-0.2, 0) is 9.47 Å². The van der Waals surface area contributed by atoms with E-state index in [0.717, 1.165) is 56.7 Å². The van der Waals surface area contributed by atoms with Gasteiger partial charge in [0.25, 0.3) is 5.91 Å². The molecule has 2 amide bonds. The smallest absolute Gasteiger partial charge is 0.407 e. The highest BCUT2D eigenvalue weighted by molar-refractivity contribution is 5.94. The summed E-state index contributed by atoms with van der Waals surface area (Å²) in [6.45, 7) is 7.68. The van der Waals surface area contributed by atoms with Crippen molar-refractivity contribution in [2.45, 2.75) is 31.9 Å². The number of likely N-dealkylation sites (tertiary alicyclic amines) is 2. The third kappa shape index (κ3) is 5.85. The van der Waals surface area contributed by atoms with Crippen LogP contribution in [0.1, 0.15) is 40.4 Å². The van der Waals surface area contributed by atoms with Crippen LogP contribution in [0.4, 0.5) is 4.79 Å². The highest BCUT2D eigenvalue weighted by Crippen LogP contribution is 2.32. The third-order valence-electron chi connectivity index (χ3n) is 7.54. The molecule has 3 aliphatic rings. The zero-order chi connectivity index (χ0) is 24.2. The maximum absolute atomic E-state index is 12.9. The largest absolute Gasteiger partial charge is 0.444 e. The third-order valence-corrected chi connectivity index (χ3v) is 7.54. The zero-order valence-corrected chi connectivity index (χ0v) is 20.4. The van der Waals surface area contributed by atoms with Gasteiger partial charge in [0.05, 0.1) is 19.3 Å². The number of ether oxygens (including phenoxy) is 2. The minimum absolute atomic E-state index is 0.105. The van der Waals surface area contributed by atoms with Gasteiger partial charge in [-0.25, -0.2) is 4.79 Å². The standard InChI is InChI=1S/C28H35N3O4/c1-20-7-9-22(10-8-20)27(32)31-17-23-15-30(16-24(23)18-31)13-11-26(21-5-3-2-4-6-21)29-28(33)35-25-12-14-34-19-25/h2-10,23-26H,11-19H2,1H3,(H,29,33)/t23-,24?,25?,26?/m0/s1. The molecule has 3 unspecified atom stereocenters. The minimum Gasteiger partial charge on any atom is -0.444 e. The predicted octanol–water partition coefficient (Wildman–Crippen LogP) is 3.65. The van der Waals surface area contributed by atoms with E-state index in [1.54, 1.807) is 0 Å². The Labute approximate surface area is 207 Å². The Kier molecular flexibility index (Phi) is 7.35. The average molecular weight is 478 g/mol. The number of nitrogens with zero attached hydrogens (tertiary/aromatic N) is 2. The molecule has 4 atom stereocenters. The van der Waals surface area contributed by atoms with Gasteiger partial charge in [-0.1, -0.05) is 48.0 Å². The summed E-state index contributed by atoms with van der Waals surface area (Å²) in [5.74, 6) is 1.17. The van der Waals surface area contributed by atoms with Crippen LogP contribution >= 0.6 is 0 Å². The lowest BCUT2D eigenvalue weighted by atomic mass is 10.0. The number of aryl methyl sites for hydroxylation is 1. The molecule has 3 fully saturated rings. The fraction of sp³-hybridized carbons (Fsp3) is 0.500. The molecule has 0 radical (unpaired) electrons. The molecule has 0 spiro atoms. The molecule has 186 valence electrons. The predicted molar refractivity (Wildman–Crippen MR) is 133 cm³/mol. The van der Waals surface area contributed by atoms with Gasteiger partial charge in [-0.2, -0.15) is 0 Å². The second-order valence-electron chi connectivity index (χ2n) is 10.1. The lowest BCUT2D eigenvalue weighted by Crippen LogP contribution is -2.36. The second-order valence-corrected chi connectivity index (χ2v) is 10.1. The number of alkyl carbamates (subject to hydrolysis) is 1. The number of carbonyl (C=O) groups excluding carboxylic acids is 2. The van der Waals surface area contributed by atoms with Crippen molar-refractivity contribution in [3.05, 3.63) is 71.3 Å². The molecule has 7 nitrogen and oxygen atoms in total. The van der Waals surface area contributed by atoms with Crippen LogP contribution in [0.15, 0.2) is 54.6 Å². The van der Waals surface area contributed by atoms with Crippen molar-refractivity contribution in [3.8, 4) is 0 Å². The topological polar surface area (TPSA) is 71.1 Å². The van der Waals surface area contributed by atoms with Crippen LogP contribution in [0, 0.1) is 18.8 Å². The van der Waals surface area contributed by atoms with Crippen molar-refractivity contribution < 1.29 is 19.1 Å². The maximum atomic E-state index is 12.9. The molecule has 2 aromatic rings. The SMILES string of the molecule is Cc1ccc(C(=O)N2CC3CN(CCC(NC(=O)OC4CCOC4)c4ccccc4)C[C@H]3C2)cc1. The number of carbonyl (C=O) groups is 2. The minimum atomic E-state index is -0.377. The molecular formula is C28H35N3O4. The van der Waals surface area contributed by atoms with E-state index in [9.17, 15) is 9.59 Å². The number of hydrogen-bond acceptors (Lipinski definition) is 5. The number of hydrogen-bond donors (Lipinski definition) is 1. The first kappa shape index (κ1) is 23.8. The molecule has 0 aliphatic carbocycles. The first-order valence-electron chi connectivity index (χ1n) is 12.7. The Balaban J connectivity index is 1.13. The Morgan fingerprint density at radius 3 is 2.40 bits per heavy atom. The molecule has 0 saturated carbocycles. The number of nitrogens with one attached hydrogen (secondary N) is 1. The Morgan fingerprint density at radius 2 is 1.74 bits per heavy atom. The van der Waals surface area contributed by atoms with Gasteiger partial charge in [0.2, 0.25) is 0 Å². The molecule has 3 heterocycles. The Hall–Kier alpha value is -2.90. The summed E-state index contributed by atoms with van der Waals surface area (Å²) in [6, 6.07) is 17.8. The van der Waals surface area contributed by atoms with E-state index >= 15 is 0 Å². The summed E-state index contributed by atoms with van der Waals surface area (Å²) < 4.78 is 10.9. The molecule has 1 N–H and O–H groups in total. The van der Waals surface area contributed by atoms with E-state index in [-0.39, 0.29) is 24.1 Å². The van der Waals surface area contributed by atoms with E-state index in [0.29, 0.717) is 25.0 Å². The highest BCUT2D eigenvalue weighted by atomic mass is 16.6. The molecule has 7 heteroatoms. The van der Waals surface area contributed by atoms with Crippen LogP contribution in [0.2, 0.25) is 0 Å². The van der Waals surface area contributed by atoms with Crippen LogP contribution in [0.5, 0.6) is 0 Å². The number of fused-ring (bicyclic) bond motifs is 1. The van der Waals surface area contributed by atoms with Gasteiger partial charge in [0, 0.05) is 44.7 Å². The van der Waals surface area contributed by atoms with E-state index in [4.69, 9.17) is 9.47 Å². The summed E-state index contributed by atoms with van der Waals surface area (Å²) in [5, 5.41) is 3.08. The van der Waals surface area contributed by atoms with Gasteiger partial charge in [-0.15, -0.1) is 0 Å². The zero-order valence-electron chi connectivity index (χ0n) is 20.4. The fourth-order valence-electron chi connectivity index (χ4n) is 5.57. The van der Waals surface area contributed by atoms with Crippen molar-refractivity contribution in [1.82, 2.24) is 15.1 Å². The molecule has 0 bridgehead atoms. The van der Waals surface area contributed by atoms with Crippen LogP contribution in [0.3, 0.4) is 0 Å². The van der Waals surface area contributed by atoms with Gasteiger partial charge < -0.3 is 24.6 Å². The molecule has 2 aromatic carbocycles. The van der Waals surface area contributed by atoms with Crippen molar-refractivity contribution in [2.24, 2.45) is 11.8 Å².